The molecule has 0 aliphatic carbocycles. The van der Waals surface area contributed by atoms with E-state index in [1.165, 1.54) is 0 Å². The molecule has 0 amide bonds. The minimum Gasteiger partial charge on any atom is -0.366 e. The molecule has 1 unspecified atom stereocenters. The first kappa shape index (κ1) is 14.0. The zero-order valence-corrected chi connectivity index (χ0v) is 12.9. The van der Waals surface area contributed by atoms with Crippen LogP contribution in [0.5, 0.6) is 0 Å². The van der Waals surface area contributed by atoms with Crippen LogP contribution in [0.15, 0.2) is 29.1 Å². The van der Waals surface area contributed by atoms with Crippen molar-refractivity contribution in [2.45, 2.75) is 39.3 Å². The van der Waals surface area contributed by atoms with Crippen molar-refractivity contribution in [1.29, 1.82) is 0 Å². The van der Waals surface area contributed by atoms with Crippen LogP contribution < -0.4 is 5.32 Å². The summed E-state index contributed by atoms with van der Waals surface area (Å²) in [6, 6.07) is 4.05. The molecule has 0 saturated heterocycles. The minimum atomic E-state index is 0.238. The maximum atomic E-state index is 4.52. The highest BCUT2D eigenvalue weighted by Gasteiger charge is 2.09. The van der Waals surface area contributed by atoms with E-state index in [2.05, 4.69) is 57.1 Å². The van der Waals surface area contributed by atoms with Gasteiger partial charge < -0.3 is 5.32 Å². The van der Waals surface area contributed by atoms with Gasteiger partial charge in [0.1, 0.15) is 16.2 Å². The van der Waals surface area contributed by atoms with Crippen LogP contribution in [0.3, 0.4) is 0 Å². The molecular formula is C13H18BrN5. The lowest BCUT2D eigenvalue weighted by atomic mass is 10.2. The average molecular weight is 324 g/mol. The SMILES string of the molecule is CC(Cn1cccn1)Nc1cc(Br)nc(C(C)C)n1. The lowest BCUT2D eigenvalue weighted by molar-refractivity contribution is 0.559. The van der Waals surface area contributed by atoms with E-state index in [4.69, 9.17) is 0 Å². The molecule has 1 N–H and O–H groups in total. The Hall–Kier alpha value is -1.43. The van der Waals surface area contributed by atoms with E-state index in [1.807, 2.05) is 23.0 Å². The Kier molecular flexibility index (Phi) is 4.52. The molecule has 2 aromatic rings. The summed E-state index contributed by atoms with van der Waals surface area (Å²) in [5, 5.41) is 7.57. The number of hydrogen-bond donors (Lipinski definition) is 1. The van der Waals surface area contributed by atoms with Gasteiger partial charge in [-0.1, -0.05) is 13.8 Å². The van der Waals surface area contributed by atoms with Gasteiger partial charge in [0.05, 0.1) is 6.54 Å². The third kappa shape index (κ3) is 4.02. The van der Waals surface area contributed by atoms with Crippen molar-refractivity contribution in [2.24, 2.45) is 0 Å². The summed E-state index contributed by atoms with van der Waals surface area (Å²) >= 11 is 3.42. The standard InChI is InChI=1S/C13H18BrN5/c1-9(2)13-17-11(14)7-12(18-13)16-10(3)8-19-6-4-5-15-19/h4-7,9-10H,8H2,1-3H3,(H,16,17,18). The fourth-order valence-electron chi connectivity index (χ4n) is 1.75. The summed E-state index contributed by atoms with van der Waals surface area (Å²) in [5.74, 6) is 1.98. The molecule has 0 bridgehead atoms. The third-order valence-corrected chi connectivity index (χ3v) is 3.05. The molecular weight excluding hydrogens is 306 g/mol. The van der Waals surface area contributed by atoms with Crippen molar-refractivity contribution < 1.29 is 0 Å². The van der Waals surface area contributed by atoms with Crippen molar-refractivity contribution in [3.63, 3.8) is 0 Å². The Morgan fingerprint density at radius 2 is 2.11 bits per heavy atom. The average Bonchev–Trinajstić information content (AvgIpc) is 2.80. The van der Waals surface area contributed by atoms with Gasteiger partial charge in [-0.25, -0.2) is 9.97 Å². The molecule has 102 valence electrons. The molecule has 0 aliphatic heterocycles. The Balaban J connectivity index is 2.05. The third-order valence-electron chi connectivity index (χ3n) is 2.64. The van der Waals surface area contributed by atoms with Crippen LogP contribution in [0.25, 0.3) is 0 Å². The molecule has 2 rings (SSSR count). The van der Waals surface area contributed by atoms with E-state index in [0.29, 0.717) is 5.92 Å². The predicted octanol–water partition coefficient (Wildman–Crippen LogP) is 3.06. The van der Waals surface area contributed by atoms with Gasteiger partial charge in [-0.15, -0.1) is 0 Å². The first-order valence-electron chi connectivity index (χ1n) is 6.33. The lowest BCUT2D eigenvalue weighted by Gasteiger charge is -2.16. The maximum absolute atomic E-state index is 4.52. The molecule has 5 nitrogen and oxygen atoms in total. The molecule has 0 saturated carbocycles. The molecule has 19 heavy (non-hydrogen) atoms. The van der Waals surface area contributed by atoms with E-state index >= 15 is 0 Å². The topological polar surface area (TPSA) is 55.6 Å². The highest BCUT2D eigenvalue weighted by molar-refractivity contribution is 9.10. The zero-order chi connectivity index (χ0) is 13.8. The largest absolute Gasteiger partial charge is 0.366 e. The number of anilines is 1. The fourth-order valence-corrected chi connectivity index (χ4v) is 2.15. The predicted molar refractivity (Wildman–Crippen MR) is 79.1 cm³/mol. The van der Waals surface area contributed by atoms with E-state index in [1.54, 1.807) is 6.20 Å². The van der Waals surface area contributed by atoms with Crippen molar-refractivity contribution in [3.05, 3.63) is 35.0 Å². The molecule has 2 aromatic heterocycles. The normalized spacial score (nSPS) is 12.7. The molecule has 0 spiro atoms. The van der Waals surface area contributed by atoms with Crippen molar-refractivity contribution in [1.82, 2.24) is 19.7 Å². The Morgan fingerprint density at radius 3 is 2.74 bits per heavy atom. The molecule has 1 atom stereocenters. The molecule has 0 aromatic carbocycles. The summed E-state index contributed by atoms with van der Waals surface area (Å²) < 4.78 is 2.71. The van der Waals surface area contributed by atoms with Crippen LogP contribution in [0, 0.1) is 0 Å². The molecule has 0 aliphatic rings. The number of hydrogen-bond acceptors (Lipinski definition) is 4. The Morgan fingerprint density at radius 1 is 1.32 bits per heavy atom. The van der Waals surface area contributed by atoms with Crippen LogP contribution in [0.4, 0.5) is 5.82 Å². The zero-order valence-electron chi connectivity index (χ0n) is 11.3. The summed E-state index contributed by atoms with van der Waals surface area (Å²) in [4.78, 5) is 8.88. The molecule has 6 heteroatoms. The van der Waals surface area contributed by atoms with E-state index < -0.39 is 0 Å². The number of nitrogens with one attached hydrogen (secondary N) is 1. The van der Waals surface area contributed by atoms with E-state index in [-0.39, 0.29) is 6.04 Å². The first-order valence-corrected chi connectivity index (χ1v) is 7.12. The number of aromatic nitrogens is 4. The summed E-state index contributed by atoms with van der Waals surface area (Å²) in [7, 11) is 0. The van der Waals surface area contributed by atoms with E-state index in [0.717, 1.165) is 22.8 Å². The summed E-state index contributed by atoms with van der Waals surface area (Å²) in [5.41, 5.74) is 0. The van der Waals surface area contributed by atoms with Crippen LogP contribution >= 0.6 is 15.9 Å². The highest BCUT2D eigenvalue weighted by Crippen LogP contribution is 2.18. The van der Waals surface area contributed by atoms with Crippen molar-refractivity contribution in [2.75, 3.05) is 5.32 Å². The van der Waals surface area contributed by atoms with Crippen LogP contribution in [-0.2, 0) is 6.54 Å². The minimum absolute atomic E-state index is 0.238. The van der Waals surface area contributed by atoms with Gasteiger partial charge >= 0.3 is 0 Å². The maximum Gasteiger partial charge on any atom is 0.134 e. The molecule has 2 heterocycles. The quantitative estimate of drug-likeness (QED) is 0.859. The number of halogens is 1. The molecule has 0 radical (unpaired) electrons. The Labute approximate surface area is 121 Å². The van der Waals surface area contributed by atoms with Gasteiger partial charge in [-0.3, -0.25) is 4.68 Å². The monoisotopic (exact) mass is 323 g/mol. The van der Waals surface area contributed by atoms with Crippen LogP contribution in [0.1, 0.15) is 32.5 Å². The van der Waals surface area contributed by atoms with E-state index in [9.17, 15) is 0 Å². The first-order chi connectivity index (χ1) is 9.04. The summed E-state index contributed by atoms with van der Waals surface area (Å²) in [6.45, 7) is 7.07. The second-order valence-corrected chi connectivity index (χ2v) is 5.67. The second kappa shape index (κ2) is 6.14. The fraction of sp³-hybridized carbons (Fsp3) is 0.462. The lowest BCUT2D eigenvalue weighted by Crippen LogP contribution is -2.23. The van der Waals surface area contributed by atoms with Gasteiger partial charge in [0.15, 0.2) is 0 Å². The van der Waals surface area contributed by atoms with Gasteiger partial charge in [-0.05, 0) is 28.9 Å². The van der Waals surface area contributed by atoms with Crippen LogP contribution in [0.2, 0.25) is 0 Å². The van der Waals surface area contributed by atoms with Crippen molar-refractivity contribution >= 4 is 21.7 Å². The number of nitrogens with zero attached hydrogens (tertiary/aromatic N) is 4. The van der Waals surface area contributed by atoms with Gasteiger partial charge in [0.25, 0.3) is 0 Å². The second-order valence-electron chi connectivity index (χ2n) is 4.86. The smallest absolute Gasteiger partial charge is 0.134 e. The van der Waals surface area contributed by atoms with Crippen molar-refractivity contribution in [3.8, 4) is 0 Å². The van der Waals surface area contributed by atoms with Crippen LogP contribution in [-0.4, -0.2) is 25.8 Å². The highest BCUT2D eigenvalue weighted by atomic mass is 79.9. The van der Waals surface area contributed by atoms with Gasteiger partial charge in [0.2, 0.25) is 0 Å². The van der Waals surface area contributed by atoms with Gasteiger partial charge in [0, 0.05) is 30.4 Å². The molecule has 0 fully saturated rings. The summed E-state index contributed by atoms with van der Waals surface area (Å²) in [6.07, 6.45) is 3.73. The Bertz CT molecular complexity index is 524. The van der Waals surface area contributed by atoms with Gasteiger partial charge in [-0.2, -0.15) is 5.10 Å². The number of rotatable bonds is 5.